The first-order chi connectivity index (χ1) is 6.86. The van der Waals surface area contributed by atoms with E-state index in [-0.39, 0.29) is 0 Å². The number of nitrogens with zero attached hydrogens (tertiary/aromatic N) is 1. The molecule has 1 heterocycles. The van der Waals surface area contributed by atoms with Gasteiger partial charge in [-0.05, 0) is 18.8 Å². The third kappa shape index (κ3) is 3.05. The molecule has 0 amide bonds. The van der Waals surface area contributed by atoms with Crippen LogP contribution in [0.3, 0.4) is 0 Å². The molecule has 0 radical (unpaired) electrons. The molecule has 0 spiro atoms. The highest BCUT2D eigenvalue weighted by atomic mass is 33.1. The molecule has 2 fully saturated rings. The van der Waals surface area contributed by atoms with Gasteiger partial charge in [0.05, 0.1) is 0 Å². The molecule has 0 aromatic heterocycles. The van der Waals surface area contributed by atoms with Crippen LogP contribution in [-0.4, -0.2) is 42.1 Å². The molecular weight excluding hydrogens is 212 g/mol. The van der Waals surface area contributed by atoms with Crippen LogP contribution in [0.1, 0.15) is 19.3 Å². The van der Waals surface area contributed by atoms with Crippen LogP contribution in [0, 0.1) is 5.92 Å². The Bertz CT molecular complexity index is 170. The SMILES string of the molecule is NC1CCCC1CN1CCSSCC1. The van der Waals surface area contributed by atoms with E-state index in [1.165, 1.54) is 50.4 Å². The fourth-order valence-electron chi connectivity index (χ4n) is 2.37. The first kappa shape index (κ1) is 11.1. The van der Waals surface area contributed by atoms with E-state index in [4.69, 9.17) is 5.73 Å². The van der Waals surface area contributed by atoms with Crippen molar-refractivity contribution in [3.63, 3.8) is 0 Å². The van der Waals surface area contributed by atoms with E-state index in [1.807, 2.05) is 21.6 Å². The van der Waals surface area contributed by atoms with Crippen LogP contribution in [0.4, 0.5) is 0 Å². The van der Waals surface area contributed by atoms with Gasteiger partial charge in [-0.2, -0.15) is 0 Å². The van der Waals surface area contributed by atoms with Crippen LogP contribution >= 0.6 is 21.6 Å². The monoisotopic (exact) mass is 232 g/mol. The molecule has 1 saturated heterocycles. The topological polar surface area (TPSA) is 29.3 Å². The molecule has 0 bridgehead atoms. The van der Waals surface area contributed by atoms with Gasteiger partial charge in [0.2, 0.25) is 0 Å². The maximum Gasteiger partial charge on any atom is 0.0165 e. The van der Waals surface area contributed by atoms with Crippen molar-refractivity contribution >= 4 is 21.6 Å². The third-order valence-corrected chi connectivity index (χ3v) is 5.64. The first-order valence-electron chi connectivity index (χ1n) is 5.58. The highest BCUT2D eigenvalue weighted by Gasteiger charge is 2.25. The Morgan fingerprint density at radius 1 is 1.14 bits per heavy atom. The van der Waals surface area contributed by atoms with Gasteiger partial charge >= 0.3 is 0 Å². The van der Waals surface area contributed by atoms with Gasteiger partial charge in [0, 0.05) is 37.2 Å². The number of nitrogens with two attached hydrogens (primary N) is 1. The largest absolute Gasteiger partial charge is 0.327 e. The van der Waals surface area contributed by atoms with Gasteiger partial charge in [-0.3, -0.25) is 0 Å². The molecule has 2 N–H and O–H groups in total. The second-order valence-electron chi connectivity index (χ2n) is 4.30. The number of rotatable bonds is 2. The Labute approximate surface area is 94.8 Å². The van der Waals surface area contributed by atoms with Crippen molar-refractivity contribution in [1.82, 2.24) is 4.90 Å². The Morgan fingerprint density at radius 3 is 2.43 bits per heavy atom. The van der Waals surface area contributed by atoms with Crippen molar-refractivity contribution in [3.8, 4) is 0 Å². The van der Waals surface area contributed by atoms with Crippen molar-refractivity contribution in [1.29, 1.82) is 0 Å². The molecule has 82 valence electrons. The van der Waals surface area contributed by atoms with Crippen LogP contribution in [0.5, 0.6) is 0 Å². The predicted molar refractivity (Wildman–Crippen MR) is 66.7 cm³/mol. The summed E-state index contributed by atoms with van der Waals surface area (Å²) < 4.78 is 0. The van der Waals surface area contributed by atoms with Crippen molar-refractivity contribution in [2.45, 2.75) is 25.3 Å². The van der Waals surface area contributed by atoms with E-state index in [2.05, 4.69) is 4.90 Å². The van der Waals surface area contributed by atoms with Crippen LogP contribution in [-0.2, 0) is 0 Å². The highest BCUT2D eigenvalue weighted by Crippen LogP contribution is 2.27. The molecule has 2 nitrogen and oxygen atoms in total. The summed E-state index contributed by atoms with van der Waals surface area (Å²) in [7, 11) is 4.04. The Balaban J connectivity index is 1.77. The lowest BCUT2D eigenvalue weighted by atomic mass is 10.0. The molecule has 1 saturated carbocycles. The van der Waals surface area contributed by atoms with Gasteiger partial charge in [-0.25, -0.2) is 0 Å². The summed E-state index contributed by atoms with van der Waals surface area (Å²) in [5, 5.41) is 0. The zero-order valence-electron chi connectivity index (χ0n) is 8.65. The number of hydrogen-bond donors (Lipinski definition) is 1. The van der Waals surface area contributed by atoms with Crippen LogP contribution in [0.2, 0.25) is 0 Å². The maximum absolute atomic E-state index is 6.10. The fourth-order valence-corrected chi connectivity index (χ4v) is 4.42. The van der Waals surface area contributed by atoms with E-state index >= 15 is 0 Å². The Morgan fingerprint density at radius 2 is 1.86 bits per heavy atom. The molecule has 2 rings (SSSR count). The third-order valence-electron chi connectivity index (χ3n) is 3.28. The van der Waals surface area contributed by atoms with Gasteiger partial charge in [0.15, 0.2) is 0 Å². The maximum atomic E-state index is 6.10. The standard InChI is InChI=1S/C10H20N2S2/c11-10-3-1-2-9(10)8-12-4-6-13-14-7-5-12/h9-10H,1-8,11H2. The molecule has 0 aromatic carbocycles. The minimum Gasteiger partial charge on any atom is -0.327 e. The second-order valence-corrected chi connectivity index (χ2v) is 7.00. The van der Waals surface area contributed by atoms with Gasteiger partial charge in [0.1, 0.15) is 0 Å². The summed E-state index contributed by atoms with van der Waals surface area (Å²) in [6.07, 6.45) is 3.96. The molecular formula is C10H20N2S2. The summed E-state index contributed by atoms with van der Waals surface area (Å²) in [4.78, 5) is 2.61. The van der Waals surface area contributed by atoms with E-state index in [9.17, 15) is 0 Å². The summed E-state index contributed by atoms with van der Waals surface area (Å²) >= 11 is 0. The van der Waals surface area contributed by atoms with E-state index in [1.54, 1.807) is 0 Å². The zero-order valence-corrected chi connectivity index (χ0v) is 10.3. The van der Waals surface area contributed by atoms with Crippen molar-refractivity contribution in [3.05, 3.63) is 0 Å². The van der Waals surface area contributed by atoms with Gasteiger partial charge in [0.25, 0.3) is 0 Å². The van der Waals surface area contributed by atoms with E-state index in [0.29, 0.717) is 6.04 Å². The molecule has 14 heavy (non-hydrogen) atoms. The van der Waals surface area contributed by atoms with Crippen molar-refractivity contribution in [2.24, 2.45) is 11.7 Å². The quantitative estimate of drug-likeness (QED) is 0.735. The lowest BCUT2D eigenvalue weighted by molar-refractivity contribution is 0.248. The summed E-state index contributed by atoms with van der Waals surface area (Å²) in [6.45, 7) is 3.78. The minimum atomic E-state index is 0.485. The summed E-state index contributed by atoms with van der Waals surface area (Å²) in [6, 6.07) is 0.485. The van der Waals surface area contributed by atoms with E-state index < -0.39 is 0 Å². The second kappa shape index (κ2) is 5.64. The minimum absolute atomic E-state index is 0.485. The van der Waals surface area contributed by atoms with Gasteiger partial charge in [-0.15, -0.1) is 0 Å². The predicted octanol–water partition coefficient (Wildman–Crippen LogP) is 1.81. The normalized spacial score (nSPS) is 35.8. The molecule has 0 aromatic rings. The lowest BCUT2D eigenvalue weighted by Gasteiger charge is -2.25. The van der Waals surface area contributed by atoms with Gasteiger partial charge in [-0.1, -0.05) is 28.0 Å². The van der Waals surface area contributed by atoms with Crippen LogP contribution < -0.4 is 5.73 Å². The first-order valence-corrected chi connectivity index (χ1v) is 8.07. The highest BCUT2D eigenvalue weighted by molar-refractivity contribution is 8.76. The molecule has 1 aliphatic carbocycles. The molecule has 4 heteroatoms. The van der Waals surface area contributed by atoms with Crippen molar-refractivity contribution in [2.75, 3.05) is 31.1 Å². The molecule has 2 unspecified atom stereocenters. The zero-order chi connectivity index (χ0) is 9.80. The Hall–Kier alpha value is 0.620. The fraction of sp³-hybridized carbons (Fsp3) is 1.00. The lowest BCUT2D eigenvalue weighted by Crippen LogP contribution is -2.37. The molecule has 1 aliphatic heterocycles. The average Bonchev–Trinajstić information content (AvgIpc) is 2.44. The summed E-state index contributed by atoms with van der Waals surface area (Å²) in [5.41, 5.74) is 6.10. The molecule has 2 aliphatic rings. The van der Waals surface area contributed by atoms with Crippen LogP contribution in [0.15, 0.2) is 0 Å². The Kier molecular flexibility index (Phi) is 4.47. The molecule has 2 atom stereocenters. The van der Waals surface area contributed by atoms with Crippen molar-refractivity contribution < 1.29 is 0 Å². The van der Waals surface area contributed by atoms with Crippen LogP contribution in [0.25, 0.3) is 0 Å². The van der Waals surface area contributed by atoms with Gasteiger partial charge < -0.3 is 10.6 Å². The number of hydrogen-bond acceptors (Lipinski definition) is 4. The van der Waals surface area contributed by atoms with E-state index in [0.717, 1.165) is 5.92 Å². The summed E-state index contributed by atoms with van der Waals surface area (Å²) in [5.74, 6) is 3.35. The smallest absolute Gasteiger partial charge is 0.0165 e. The average molecular weight is 232 g/mol.